The van der Waals surface area contributed by atoms with Crippen molar-refractivity contribution < 1.29 is 9.53 Å². The summed E-state index contributed by atoms with van der Waals surface area (Å²) in [6.45, 7) is 12.4. The highest BCUT2D eigenvalue weighted by Crippen LogP contribution is 2.63. The molecule has 0 aliphatic heterocycles. The number of carbonyl (C=O) groups is 1. The molecule has 2 nitrogen and oxygen atoms in total. The fourth-order valence-corrected chi connectivity index (χ4v) is 6.21. The lowest BCUT2D eigenvalue weighted by Gasteiger charge is -2.59. The van der Waals surface area contributed by atoms with Crippen LogP contribution in [0.5, 0.6) is 0 Å². The molecule has 2 saturated carbocycles. The summed E-state index contributed by atoms with van der Waals surface area (Å²) in [6.07, 6.45) is 11.4. The molecular formula is C21H32O2. The molecule has 3 aliphatic carbocycles. The van der Waals surface area contributed by atoms with Crippen LogP contribution in [0.25, 0.3) is 0 Å². The molecule has 23 heavy (non-hydrogen) atoms. The maximum atomic E-state index is 10.7. The second-order valence-corrected chi connectivity index (χ2v) is 8.84. The predicted octanol–water partition coefficient (Wildman–Crippen LogP) is 5.29. The summed E-state index contributed by atoms with van der Waals surface area (Å²) in [5, 5.41) is 0. The van der Waals surface area contributed by atoms with E-state index in [9.17, 15) is 4.79 Å². The van der Waals surface area contributed by atoms with Crippen LogP contribution in [0.2, 0.25) is 0 Å². The van der Waals surface area contributed by atoms with Crippen LogP contribution in [0, 0.1) is 28.6 Å². The van der Waals surface area contributed by atoms with Crippen LogP contribution in [0.15, 0.2) is 23.8 Å². The lowest BCUT2D eigenvalue weighted by molar-refractivity contribution is -0.141. The van der Waals surface area contributed by atoms with E-state index in [2.05, 4.69) is 33.4 Å². The second kappa shape index (κ2) is 6.11. The Hall–Kier alpha value is -1.05. The van der Waals surface area contributed by atoms with Crippen molar-refractivity contribution in [3.8, 4) is 0 Å². The zero-order valence-corrected chi connectivity index (χ0v) is 15.1. The predicted molar refractivity (Wildman–Crippen MR) is 93.9 cm³/mol. The normalized spacial score (nSPS) is 42.9. The first kappa shape index (κ1) is 16.8. The molecule has 128 valence electrons. The molecule has 0 aromatic carbocycles. The SMILES string of the molecule is C=C(C)[C@@H]1C=C2CC[C@H]3[C@](C)(COC=O)CCC[C@]3(C)[C@H]2CC1. The van der Waals surface area contributed by atoms with Gasteiger partial charge in [0, 0.05) is 5.41 Å². The van der Waals surface area contributed by atoms with Gasteiger partial charge >= 0.3 is 0 Å². The molecule has 3 aliphatic rings. The summed E-state index contributed by atoms with van der Waals surface area (Å²) in [5.74, 6) is 2.00. The number of fused-ring (bicyclic) bond motifs is 3. The Labute approximate surface area is 141 Å². The quantitative estimate of drug-likeness (QED) is 0.520. The van der Waals surface area contributed by atoms with E-state index in [4.69, 9.17) is 4.74 Å². The van der Waals surface area contributed by atoms with Crippen LogP contribution in [0.3, 0.4) is 0 Å². The van der Waals surface area contributed by atoms with Gasteiger partial charge in [-0.1, -0.05) is 44.1 Å². The molecule has 0 amide bonds. The smallest absolute Gasteiger partial charge is 0.293 e. The second-order valence-electron chi connectivity index (χ2n) is 8.84. The molecule has 3 rings (SSSR count). The van der Waals surface area contributed by atoms with E-state index in [1.807, 2.05) is 0 Å². The molecule has 0 saturated heterocycles. The van der Waals surface area contributed by atoms with Crippen LogP contribution in [0.4, 0.5) is 0 Å². The summed E-state index contributed by atoms with van der Waals surface area (Å²) in [7, 11) is 0. The standard InChI is InChI=1S/C21H32O2/c1-15(2)16-6-8-18-17(12-16)7-9-19-20(3,13-23-14-22)10-5-11-21(18,19)4/h12,14,16,18-19H,1,5-11,13H2,2-4H3/t16-,18-,19-,20-,21+/m0/s1. The minimum atomic E-state index is 0.157. The van der Waals surface area contributed by atoms with Crippen molar-refractivity contribution in [2.75, 3.05) is 6.61 Å². The third-order valence-electron chi connectivity index (χ3n) is 7.36. The van der Waals surface area contributed by atoms with Crippen molar-refractivity contribution in [1.29, 1.82) is 0 Å². The highest BCUT2D eigenvalue weighted by atomic mass is 16.5. The molecule has 0 spiro atoms. The number of rotatable bonds is 4. The van der Waals surface area contributed by atoms with E-state index in [1.54, 1.807) is 5.57 Å². The van der Waals surface area contributed by atoms with Gasteiger partial charge in [0.15, 0.2) is 0 Å². The molecule has 0 aromatic heterocycles. The summed E-state index contributed by atoms with van der Waals surface area (Å²) in [6, 6.07) is 0. The lowest BCUT2D eigenvalue weighted by Crippen LogP contribution is -2.52. The molecular weight excluding hydrogens is 284 g/mol. The van der Waals surface area contributed by atoms with Crippen molar-refractivity contribution in [1.82, 2.24) is 0 Å². The average molecular weight is 316 g/mol. The number of carbonyl (C=O) groups excluding carboxylic acids is 1. The van der Waals surface area contributed by atoms with Crippen LogP contribution >= 0.6 is 0 Å². The van der Waals surface area contributed by atoms with E-state index >= 15 is 0 Å². The molecule has 0 unspecified atom stereocenters. The van der Waals surface area contributed by atoms with Gasteiger partial charge in [-0.2, -0.15) is 0 Å². The van der Waals surface area contributed by atoms with Crippen molar-refractivity contribution in [2.24, 2.45) is 28.6 Å². The molecule has 2 fully saturated rings. The third kappa shape index (κ3) is 2.79. The lowest BCUT2D eigenvalue weighted by atomic mass is 9.46. The van der Waals surface area contributed by atoms with Gasteiger partial charge in [-0.3, -0.25) is 4.79 Å². The Morgan fingerprint density at radius 2 is 2.13 bits per heavy atom. The van der Waals surface area contributed by atoms with Gasteiger partial charge in [-0.25, -0.2) is 0 Å². The Kier molecular flexibility index (Phi) is 4.46. The van der Waals surface area contributed by atoms with E-state index in [0.29, 0.717) is 30.3 Å². The van der Waals surface area contributed by atoms with Gasteiger partial charge in [0.25, 0.3) is 6.47 Å². The number of ether oxygens (including phenoxy) is 1. The van der Waals surface area contributed by atoms with Crippen molar-refractivity contribution in [3.05, 3.63) is 23.8 Å². The van der Waals surface area contributed by atoms with E-state index < -0.39 is 0 Å². The van der Waals surface area contributed by atoms with Crippen molar-refractivity contribution in [3.63, 3.8) is 0 Å². The van der Waals surface area contributed by atoms with Gasteiger partial charge in [0.1, 0.15) is 0 Å². The van der Waals surface area contributed by atoms with Gasteiger partial charge in [0.2, 0.25) is 0 Å². The monoisotopic (exact) mass is 316 g/mol. The number of hydrogen-bond donors (Lipinski definition) is 0. The van der Waals surface area contributed by atoms with Crippen molar-refractivity contribution in [2.45, 2.75) is 65.7 Å². The molecule has 0 N–H and O–H groups in total. The molecule has 5 atom stereocenters. The largest absolute Gasteiger partial charge is 0.467 e. The number of hydrogen-bond acceptors (Lipinski definition) is 2. The van der Waals surface area contributed by atoms with Gasteiger partial charge in [0.05, 0.1) is 6.61 Å². The van der Waals surface area contributed by atoms with E-state index in [-0.39, 0.29) is 5.41 Å². The first-order chi connectivity index (χ1) is 10.9. The van der Waals surface area contributed by atoms with E-state index in [1.165, 1.54) is 50.5 Å². The van der Waals surface area contributed by atoms with Gasteiger partial charge in [-0.05, 0) is 68.6 Å². The summed E-state index contributed by atoms with van der Waals surface area (Å²) < 4.78 is 5.25. The van der Waals surface area contributed by atoms with Crippen LogP contribution in [0.1, 0.15) is 65.7 Å². The zero-order chi connectivity index (χ0) is 16.7. The Morgan fingerprint density at radius 1 is 1.35 bits per heavy atom. The van der Waals surface area contributed by atoms with E-state index in [0.717, 1.165) is 5.92 Å². The topological polar surface area (TPSA) is 26.3 Å². The third-order valence-corrected chi connectivity index (χ3v) is 7.36. The van der Waals surface area contributed by atoms with Crippen LogP contribution < -0.4 is 0 Å². The van der Waals surface area contributed by atoms with Crippen LogP contribution in [-0.2, 0) is 9.53 Å². The Morgan fingerprint density at radius 3 is 2.83 bits per heavy atom. The van der Waals surface area contributed by atoms with Gasteiger partial charge in [-0.15, -0.1) is 0 Å². The molecule has 0 bridgehead atoms. The fourth-order valence-electron chi connectivity index (χ4n) is 6.21. The number of allylic oxidation sites excluding steroid dienone is 3. The molecule has 0 aromatic rings. The maximum Gasteiger partial charge on any atom is 0.293 e. The Bertz CT molecular complexity index is 520. The highest BCUT2D eigenvalue weighted by molar-refractivity contribution is 5.37. The minimum absolute atomic E-state index is 0.157. The van der Waals surface area contributed by atoms with Crippen molar-refractivity contribution >= 4 is 6.47 Å². The fraction of sp³-hybridized carbons (Fsp3) is 0.762. The minimum Gasteiger partial charge on any atom is -0.467 e. The first-order valence-electron chi connectivity index (χ1n) is 9.32. The first-order valence-corrected chi connectivity index (χ1v) is 9.32. The Balaban J connectivity index is 1.88. The van der Waals surface area contributed by atoms with Gasteiger partial charge < -0.3 is 4.74 Å². The zero-order valence-electron chi connectivity index (χ0n) is 15.1. The summed E-state index contributed by atoms with van der Waals surface area (Å²) >= 11 is 0. The summed E-state index contributed by atoms with van der Waals surface area (Å²) in [5.41, 5.74) is 3.55. The average Bonchev–Trinajstić information content (AvgIpc) is 2.52. The van der Waals surface area contributed by atoms with Crippen LogP contribution in [-0.4, -0.2) is 13.1 Å². The molecule has 2 heteroatoms. The highest BCUT2D eigenvalue weighted by Gasteiger charge is 2.55. The molecule has 0 heterocycles. The summed E-state index contributed by atoms with van der Waals surface area (Å²) in [4.78, 5) is 10.7. The molecule has 0 radical (unpaired) electrons. The maximum absolute atomic E-state index is 10.7.